The lowest BCUT2D eigenvalue weighted by Crippen LogP contribution is -2.44. The number of fused-ring (bicyclic) bond motifs is 1. The highest BCUT2D eigenvalue weighted by molar-refractivity contribution is 6.05. The predicted molar refractivity (Wildman–Crippen MR) is 131 cm³/mol. The lowest BCUT2D eigenvalue weighted by molar-refractivity contribution is -0.125. The third-order valence-electron chi connectivity index (χ3n) is 6.33. The molecule has 34 heavy (non-hydrogen) atoms. The number of rotatable bonds is 8. The molecule has 0 aliphatic carbocycles. The van der Waals surface area contributed by atoms with Gasteiger partial charge in [0.1, 0.15) is 6.04 Å². The number of hydrogen-bond donors (Lipinski definition) is 1. The third-order valence-corrected chi connectivity index (χ3v) is 6.33. The number of carbonyl (C=O) groups is 2. The zero-order chi connectivity index (χ0) is 24.3. The average molecular weight is 459 g/mol. The van der Waals surface area contributed by atoms with Gasteiger partial charge in [0.25, 0.3) is 5.91 Å². The normalized spacial score (nSPS) is 15.1. The van der Waals surface area contributed by atoms with E-state index in [0.717, 1.165) is 11.1 Å². The molecule has 4 rings (SSSR count). The van der Waals surface area contributed by atoms with Gasteiger partial charge in [0.15, 0.2) is 11.5 Å². The standard InChI is InChI=1S/C28H30N2O4/c1-28(2,20-13-9-6-10-14-20)18-30-25(26(31)29-17-19-11-7-5-8-12-19)21-15-23(33-3)24(34-4)16-22(21)27(30)32/h5-16,25H,17-18H2,1-4H3,(H,29,31). The highest BCUT2D eigenvalue weighted by Crippen LogP contribution is 2.42. The van der Waals surface area contributed by atoms with Crippen LogP contribution < -0.4 is 14.8 Å². The smallest absolute Gasteiger partial charge is 0.255 e. The van der Waals surface area contributed by atoms with Gasteiger partial charge in [-0.1, -0.05) is 74.5 Å². The molecule has 176 valence electrons. The van der Waals surface area contributed by atoms with Crippen LogP contribution >= 0.6 is 0 Å². The Morgan fingerprint density at radius 1 is 0.941 bits per heavy atom. The molecule has 2 amide bonds. The molecule has 1 aliphatic rings. The summed E-state index contributed by atoms with van der Waals surface area (Å²) in [6.07, 6.45) is 0. The van der Waals surface area contributed by atoms with Crippen molar-refractivity contribution < 1.29 is 19.1 Å². The van der Waals surface area contributed by atoms with Gasteiger partial charge >= 0.3 is 0 Å². The molecule has 1 heterocycles. The number of ether oxygens (including phenoxy) is 2. The second kappa shape index (κ2) is 9.59. The summed E-state index contributed by atoms with van der Waals surface area (Å²) in [5.41, 5.74) is 2.80. The van der Waals surface area contributed by atoms with Crippen LogP contribution in [0.25, 0.3) is 0 Å². The second-order valence-corrected chi connectivity index (χ2v) is 9.08. The first-order chi connectivity index (χ1) is 16.4. The van der Waals surface area contributed by atoms with Gasteiger partial charge < -0.3 is 19.7 Å². The SMILES string of the molecule is COc1cc2c(cc1OC)C(C(=O)NCc1ccccc1)N(CC(C)(C)c1ccccc1)C2=O. The Kier molecular flexibility index (Phi) is 6.59. The Balaban J connectivity index is 1.70. The van der Waals surface area contributed by atoms with Gasteiger partial charge in [-0.25, -0.2) is 0 Å². The van der Waals surface area contributed by atoms with E-state index in [4.69, 9.17) is 9.47 Å². The summed E-state index contributed by atoms with van der Waals surface area (Å²) in [7, 11) is 3.08. The van der Waals surface area contributed by atoms with Crippen molar-refractivity contribution in [1.82, 2.24) is 10.2 Å². The van der Waals surface area contributed by atoms with E-state index >= 15 is 0 Å². The van der Waals surface area contributed by atoms with E-state index in [0.29, 0.717) is 35.7 Å². The molecule has 6 nitrogen and oxygen atoms in total. The molecule has 0 saturated carbocycles. The van der Waals surface area contributed by atoms with Crippen molar-refractivity contribution >= 4 is 11.8 Å². The Hall–Kier alpha value is -3.80. The van der Waals surface area contributed by atoms with Gasteiger partial charge in [-0.3, -0.25) is 9.59 Å². The second-order valence-electron chi connectivity index (χ2n) is 9.08. The highest BCUT2D eigenvalue weighted by atomic mass is 16.5. The van der Waals surface area contributed by atoms with Crippen molar-refractivity contribution in [3.8, 4) is 11.5 Å². The summed E-state index contributed by atoms with van der Waals surface area (Å²) in [5, 5.41) is 3.02. The van der Waals surface area contributed by atoms with E-state index in [1.54, 1.807) is 24.1 Å². The van der Waals surface area contributed by atoms with Crippen LogP contribution in [0.4, 0.5) is 0 Å². The monoisotopic (exact) mass is 458 g/mol. The van der Waals surface area contributed by atoms with E-state index in [2.05, 4.69) is 19.2 Å². The van der Waals surface area contributed by atoms with E-state index in [1.807, 2.05) is 60.7 Å². The molecule has 1 atom stereocenters. The van der Waals surface area contributed by atoms with Crippen molar-refractivity contribution in [2.75, 3.05) is 20.8 Å². The summed E-state index contributed by atoms with van der Waals surface area (Å²) in [6, 6.07) is 22.4. The first-order valence-corrected chi connectivity index (χ1v) is 11.3. The molecule has 1 N–H and O–H groups in total. The maximum Gasteiger partial charge on any atom is 0.255 e. The Morgan fingerprint density at radius 2 is 1.53 bits per heavy atom. The number of nitrogens with one attached hydrogen (secondary N) is 1. The van der Waals surface area contributed by atoms with Gasteiger partial charge in [0.2, 0.25) is 5.91 Å². The minimum Gasteiger partial charge on any atom is -0.493 e. The number of benzene rings is 3. The van der Waals surface area contributed by atoms with E-state index in [9.17, 15) is 9.59 Å². The number of nitrogens with zero attached hydrogens (tertiary/aromatic N) is 1. The molecule has 0 radical (unpaired) electrons. The minimum atomic E-state index is -0.769. The summed E-state index contributed by atoms with van der Waals surface area (Å²) >= 11 is 0. The fourth-order valence-electron chi connectivity index (χ4n) is 4.48. The van der Waals surface area contributed by atoms with Crippen LogP contribution in [0.3, 0.4) is 0 Å². The van der Waals surface area contributed by atoms with Gasteiger partial charge in [0, 0.05) is 29.6 Å². The third kappa shape index (κ3) is 4.49. The van der Waals surface area contributed by atoms with Crippen molar-refractivity contribution in [2.24, 2.45) is 0 Å². The molecule has 1 aliphatic heterocycles. The van der Waals surface area contributed by atoms with Gasteiger partial charge in [-0.2, -0.15) is 0 Å². The average Bonchev–Trinajstić information content (AvgIpc) is 3.12. The lowest BCUT2D eigenvalue weighted by Gasteiger charge is -2.34. The molecule has 3 aromatic carbocycles. The summed E-state index contributed by atoms with van der Waals surface area (Å²) in [6.45, 7) is 4.92. The first-order valence-electron chi connectivity index (χ1n) is 11.3. The summed E-state index contributed by atoms with van der Waals surface area (Å²) < 4.78 is 10.9. The maximum absolute atomic E-state index is 13.6. The minimum absolute atomic E-state index is 0.195. The quantitative estimate of drug-likeness (QED) is 0.540. The maximum atomic E-state index is 13.6. The van der Waals surface area contributed by atoms with Crippen molar-refractivity contribution in [3.05, 3.63) is 95.1 Å². The van der Waals surface area contributed by atoms with Crippen molar-refractivity contribution in [1.29, 1.82) is 0 Å². The zero-order valence-corrected chi connectivity index (χ0v) is 20.0. The van der Waals surface area contributed by atoms with Crippen LogP contribution in [-0.4, -0.2) is 37.5 Å². The summed E-state index contributed by atoms with van der Waals surface area (Å²) in [4.78, 5) is 28.8. The van der Waals surface area contributed by atoms with Crippen LogP contribution in [0.5, 0.6) is 11.5 Å². The lowest BCUT2D eigenvalue weighted by atomic mass is 9.84. The van der Waals surface area contributed by atoms with E-state index in [1.165, 1.54) is 7.11 Å². The fourth-order valence-corrected chi connectivity index (χ4v) is 4.48. The number of methoxy groups -OCH3 is 2. The predicted octanol–water partition coefficient (Wildman–Crippen LogP) is 4.49. The van der Waals surface area contributed by atoms with Crippen molar-refractivity contribution in [2.45, 2.75) is 31.8 Å². The molecule has 0 aromatic heterocycles. The van der Waals surface area contributed by atoms with Crippen LogP contribution in [0, 0.1) is 0 Å². The van der Waals surface area contributed by atoms with Crippen LogP contribution in [-0.2, 0) is 16.8 Å². The fraction of sp³-hybridized carbons (Fsp3) is 0.286. The molecule has 0 bridgehead atoms. The Labute approximate surface area is 200 Å². The molecule has 0 fully saturated rings. The van der Waals surface area contributed by atoms with E-state index < -0.39 is 6.04 Å². The van der Waals surface area contributed by atoms with Crippen LogP contribution in [0.1, 0.15) is 46.9 Å². The molecular weight excluding hydrogens is 428 g/mol. The first kappa shape index (κ1) is 23.4. The van der Waals surface area contributed by atoms with Crippen LogP contribution in [0.15, 0.2) is 72.8 Å². The van der Waals surface area contributed by atoms with E-state index in [-0.39, 0.29) is 17.2 Å². The molecule has 6 heteroatoms. The van der Waals surface area contributed by atoms with Gasteiger partial charge in [0.05, 0.1) is 14.2 Å². The topological polar surface area (TPSA) is 67.9 Å². The van der Waals surface area contributed by atoms with Gasteiger partial charge in [-0.05, 0) is 23.3 Å². The number of amides is 2. The highest BCUT2D eigenvalue weighted by Gasteiger charge is 2.44. The molecule has 0 saturated heterocycles. The molecule has 3 aromatic rings. The van der Waals surface area contributed by atoms with Gasteiger partial charge in [-0.15, -0.1) is 0 Å². The largest absolute Gasteiger partial charge is 0.493 e. The zero-order valence-electron chi connectivity index (χ0n) is 20.0. The number of carbonyl (C=O) groups excluding carboxylic acids is 2. The van der Waals surface area contributed by atoms with Crippen LogP contribution in [0.2, 0.25) is 0 Å². The molecular formula is C28H30N2O4. The molecule has 0 spiro atoms. The van der Waals surface area contributed by atoms with Crippen molar-refractivity contribution in [3.63, 3.8) is 0 Å². The Morgan fingerprint density at radius 3 is 2.15 bits per heavy atom. The summed E-state index contributed by atoms with van der Waals surface area (Å²) in [5.74, 6) is 0.521. The Bertz CT molecular complexity index is 1180. The molecule has 1 unspecified atom stereocenters. The number of hydrogen-bond acceptors (Lipinski definition) is 4.